The Labute approximate surface area is 66.4 Å². The lowest BCUT2D eigenvalue weighted by molar-refractivity contribution is -0.153. The molecule has 1 fully saturated rings. The van der Waals surface area contributed by atoms with Gasteiger partial charge in [0.15, 0.2) is 6.10 Å². The summed E-state index contributed by atoms with van der Waals surface area (Å²) in [5.74, 6) is -0.348. The largest absolute Gasteiger partial charge is 0.467 e. The molecule has 0 heterocycles. The number of aliphatic hydroxyl groups is 1. The summed E-state index contributed by atoms with van der Waals surface area (Å²) < 4.78 is 4.44. The molecule has 0 aromatic carbocycles. The second-order valence-electron chi connectivity index (χ2n) is 3.01. The van der Waals surface area contributed by atoms with E-state index in [0.29, 0.717) is 0 Å². The Kier molecular flexibility index (Phi) is 2.88. The second kappa shape index (κ2) is 3.72. The average molecular weight is 158 g/mol. The van der Waals surface area contributed by atoms with Gasteiger partial charge in [-0.3, -0.25) is 0 Å². The molecule has 0 spiro atoms. The van der Waals surface area contributed by atoms with E-state index in [9.17, 15) is 9.90 Å². The Morgan fingerprint density at radius 2 is 2.09 bits per heavy atom. The highest BCUT2D eigenvalue weighted by molar-refractivity contribution is 5.74. The van der Waals surface area contributed by atoms with Gasteiger partial charge in [0.25, 0.3) is 0 Å². The minimum absolute atomic E-state index is 0.141. The lowest BCUT2D eigenvalue weighted by Gasteiger charge is -2.14. The van der Waals surface area contributed by atoms with Gasteiger partial charge >= 0.3 is 5.97 Å². The van der Waals surface area contributed by atoms with Crippen LogP contribution in [0.2, 0.25) is 0 Å². The van der Waals surface area contributed by atoms with Crippen LogP contribution in [-0.4, -0.2) is 24.3 Å². The summed E-state index contributed by atoms with van der Waals surface area (Å²) in [7, 11) is 1.31. The number of ether oxygens (including phenoxy) is 1. The summed E-state index contributed by atoms with van der Waals surface area (Å²) in [6.07, 6.45) is 3.27. The van der Waals surface area contributed by atoms with E-state index >= 15 is 0 Å². The third-order valence-electron chi connectivity index (χ3n) is 2.29. The standard InChI is InChI=1S/C8H14O3/c1-11-8(10)7(9)6-4-2-3-5-6/h6-7,9H,2-5H2,1H3/t7-/m1/s1. The fourth-order valence-corrected chi connectivity index (χ4v) is 1.59. The summed E-state index contributed by atoms with van der Waals surface area (Å²) >= 11 is 0. The molecule has 0 aliphatic heterocycles. The van der Waals surface area contributed by atoms with Crippen molar-refractivity contribution in [3.8, 4) is 0 Å². The van der Waals surface area contributed by atoms with Gasteiger partial charge in [-0.15, -0.1) is 0 Å². The molecule has 1 aliphatic carbocycles. The van der Waals surface area contributed by atoms with E-state index in [-0.39, 0.29) is 5.92 Å². The van der Waals surface area contributed by atoms with Crippen molar-refractivity contribution >= 4 is 5.97 Å². The predicted octanol–water partition coefficient (Wildman–Crippen LogP) is 0.710. The number of carbonyl (C=O) groups excluding carboxylic acids is 1. The SMILES string of the molecule is COC(=O)[C@H](O)C1CCCC1. The van der Waals surface area contributed by atoms with Crippen molar-refractivity contribution in [1.82, 2.24) is 0 Å². The fourth-order valence-electron chi connectivity index (χ4n) is 1.59. The van der Waals surface area contributed by atoms with Crippen LogP contribution in [0, 0.1) is 5.92 Å². The molecule has 1 rings (SSSR count). The third kappa shape index (κ3) is 1.93. The molecule has 0 bridgehead atoms. The molecule has 0 radical (unpaired) electrons. The van der Waals surface area contributed by atoms with Crippen LogP contribution in [0.4, 0.5) is 0 Å². The molecule has 11 heavy (non-hydrogen) atoms. The lowest BCUT2D eigenvalue weighted by Crippen LogP contribution is -2.28. The van der Waals surface area contributed by atoms with Crippen molar-refractivity contribution in [2.45, 2.75) is 31.8 Å². The molecule has 3 heteroatoms. The van der Waals surface area contributed by atoms with Crippen LogP contribution >= 0.6 is 0 Å². The highest BCUT2D eigenvalue weighted by Crippen LogP contribution is 2.27. The average Bonchev–Trinajstić information content (AvgIpc) is 2.53. The van der Waals surface area contributed by atoms with Gasteiger partial charge in [0.2, 0.25) is 0 Å². The molecule has 64 valence electrons. The molecule has 0 saturated heterocycles. The van der Waals surface area contributed by atoms with Crippen LogP contribution in [0.5, 0.6) is 0 Å². The van der Waals surface area contributed by atoms with E-state index < -0.39 is 12.1 Å². The lowest BCUT2D eigenvalue weighted by atomic mass is 10.0. The van der Waals surface area contributed by atoms with Gasteiger partial charge < -0.3 is 9.84 Å². The first-order valence-corrected chi connectivity index (χ1v) is 4.01. The van der Waals surface area contributed by atoms with Gasteiger partial charge in [0.1, 0.15) is 0 Å². The van der Waals surface area contributed by atoms with Gasteiger partial charge in [-0.2, -0.15) is 0 Å². The third-order valence-corrected chi connectivity index (χ3v) is 2.29. The van der Waals surface area contributed by atoms with Crippen LogP contribution in [0.25, 0.3) is 0 Å². The van der Waals surface area contributed by atoms with Crippen LogP contribution in [0.1, 0.15) is 25.7 Å². The minimum Gasteiger partial charge on any atom is -0.467 e. The summed E-state index contributed by atoms with van der Waals surface area (Å²) in [5, 5.41) is 9.34. The van der Waals surface area contributed by atoms with E-state index in [2.05, 4.69) is 4.74 Å². The topological polar surface area (TPSA) is 46.5 Å². The Balaban J connectivity index is 2.39. The van der Waals surface area contributed by atoms with Gasteiger partial charge in [-0.1, -0.05) is 12.8 Å². The highest BCUT2D eigenvalue weighted by atomic mass is 16.5. The molecule has 1 aliphatic rings. The molecule has 0 aromatic heterocycles. The number of hydrogen-bond donors (Lipinski definition) is 1. The van der Waals surface area contributed by atoms with E-state index in [1.807, 2.05) is 0 Å². The first-order chi connectivity index (χ1) is 5.25. The van der Waals surface area contributed by atoms with Crippen LogP contribution in [0.3, 0.4) is 0 Å². The Morgan fingerprint density at radius 1 is 1.55 bits per heavy atom. The number of hydrogen-bond acceptors (Lipinski definition) is 3. The summed E-state index contributed by atoms with van der Waals surface area (Å²) in [4.78, 5) is 10.8. The number of methoxy groups -OCH3 is 1. The zero-order chi connectivity index (χ0) is 8.27. The predicted molar refractivity (Wildman–Crippen MR) is 40.0 cm³/mol. The van der Waals surface area contributed by atoms with Crippen molar-refractivity contribution in [3.05, 3.63) is 0 Å². The van der Waals surface area contributed by atoms with E-state index in [1.54, 1.807) is 0 Å². The molecule has 3 nitrogen and oxygen atoms in total. The van der Waals surface area contributed by atoms with Crippen molar-refractivity contribution in [3.63, 3.8) is 0 Å². The fraction of sp³-hybridized carbons (Fsp3) is 0.875. The molecule has 1 saturated carbocycles. The van der Waals surface area contributed by atoms with Gasteiger partial charge in [-0.25, -0.2) is 4.79 Å². The number of aliphatic hydroxyl groups excluding tert-OH is 1. The monoisotopic (exact) mass is 158 g/mol. The van der Waals surface area contributed by atoms with Crippen molar-refractivity contribution in [1.29, 1.82) is 0 Å². The summed E-state index contributed by atoms with van der Waals surface area (Å²) in [6, 6.07) is 0. The van der Waals surface area contributed by atoms with Crippen molar-refractivity contribution < 1.29 is 14.6 Å². The minimum atomic E-state index is -0.887. The maximum absolute atomic E-state index is 10.8. The molecular formula is C8H14O3. The quantitative estimate of drug-likeness (QED) is 0.602. The molecule has 0 amide bonds. The van der Waals surface area contributed by atoms with E-state index in [0.717, 1.165) is 25.7 Å². The van der Waals surface area contributed by atoms with Crippen LogP contribution in [-0.2, 0) is 9.53 Å². The first-order valence-electron chi connectivity index (χ1n) is 4.01. The molecule has 0 unspecified atom stereocenters. The maximum Gasteiger partial charge on any atom is 0.334 e. The van der Waals surface area contributed by atoms with E-state index in [4.69, 9.17) is 0 Å². The van der Waals surface area contributed by atoms with Gasteiger partial charge in [0, 0.05) is 0 Å². The van der Waals surface area contributed by atoms with Crippen LogP contribution in [0.15, 0.2) is 0 Å². The second-order valence-corrected chi connectivity index (χ2v) is 3.01. The van der Waals surface area contributed by atoms with Gasteiger partial charge in [-0.05, 0) is 18.8 Å². The Bertz CT molecular complexity index is 138. The van der Waals surface area contributed by atoms with Crippen molar-refractivity contribution in [2.24, 2.45) is 5.92 Å². The Hall–Kier alpha value is -0.570. The Morgan fingerprint density at radius 3 is 2.55 bits per heavy atom. The van der Waals surface area contributed by atoms with E-state index in [1.165, 1.54) is 7.11 Å². The highest BCUT2D eigenvalue weighted by Gasteiger charge is 2.28. The number of carbonyl (C=O) groups is 1. The van der Waals surface area contributed by atoms with Gasteiger partial charge in [0.05, 0.1) is 7.11 Å². The zero-order valence-corrected chi connectivity index (χ0v) is 6.75. The number of rotatable bonds is 2. The maximum atomic E-state index is 10.8. The van der Waals surface area contributed by atoms with Crippen LogP contribution < -0.4 is 0 Å². The molecule has 0 aromatic rings. The molecule has 1 atom stereocenters. The summed E-state index contributed by atoms with van der Waals surface area (Å²) in [6.45, 7) is 0. The molecule has 1 N–H and O–H groups in total. The first kappa shape index (κ1) is 8.53. The van der Waals surface area contributed by atoms with Crippen molar-refractivity contribution in [2.75, 3.05) is 7.11 Å². The smallest absolute Gasteiger partial charge is 0.334 e. The normalized spacial score (nSPS) is 21.6. The molecular weight excluding hydrogens is 144 g/mol. The summed E-state index contributed by atoms with van der Waals surface area (Å²) in [5.41, 5.74) is 0. The zero-order valence-electron chi connectivity index (χ0n) is 6.75. The number of esters is 1.